The van der Waals surface area contributed by atoms with Crippen molar-refractivity contribution >= 4 is 11.8 Å². The molecule has 2 saturated carbocycles. The fraction of sp³-hybridized carbons (Fsp3) is 0.867. The molecule has 2 heterocycles. The molecule has 6 unspecified atom stereocenters. The molecule has 0 aromatic rings. The van der Waals surface area contributed by atoms with Crippen molar-refractivity contribution in [3.05, 3.63) is 0 Å². The lowest BCUT2D eigenvalue weighted by molar-refractivity contribution is -0.155. The molecule has 0 radical (unpaired) electrons. The molecular formula is C15H22N2O3. The number of amides is 2. The van der Waals surface area contributed by atoms with Gasteiger partial charge in [-0.05, 0) is 25.2 Å². The highest BCUT2D eigenvalue weighted by atomic mass is 16.5. The molecule has 4 fully saturated rings. The number of likely N-dealkylation sites (tertiary alicyclic amines) is 1. The van der Waals surface area contributed by atoms with Crippen molar-refractivity contribution < 1.29 is 14.3 Å². The molecule has 2 saturated heterocycles. The van der Waals surface area contributed by atoms with Gasteiger partial charge >= 0.3 is 0 Å². The highest BCUT2D eigenvalue weighted by Crippen LogP contribution is 2.49. The average molecular weight is 278 g/mol. The summed E-state index contributed by atoms with van der Waals surface area (Å²) in [6.07, 6.45) is 3.77. The summed E-state index contributed by atoms with van der Waals surface area (Å²) in [5, 5.41) is 0. The van der Waals surface area contributed by atoms with Crippen LogP contribution < -0.4 is 5.73 Å². The van der Waals surface area contributed by atoms with Crippen LogP contribution in [0.1, 0.15) is 32.6 Å². The Labute approximate surface area is 118 Å². The Kier molecular flexibility index (Phi) is 2.73. The molecule has 110 valence electrons. The molecule has 2 amide bonds. The van der Waals surface area contributed by atoms with Gasteiger partial charge in [0, 0.05) is 18.6 Å². The lowest BCUT2D eigenvalue weighted by Gasteiger charge is -2.49. The Morgan fingerprint density at radius 2 is 1.90 bits per heavy atom. The monoisotopic (exact) mass is 278 g/mol. The molecule has 4 rings (SSSR count). The quantitative estimate of drug-likeness (QED) is 0.748. The maximum atomic E-state index is 12.6. The highest BCUT2D eigenvalue weighted by Gasteiger charge is 2.62. The van der Waals surface area contributed by atoms with Crippen molar-refractivity contribution in [3.63, 3.8) is 0 Å². The fourth-order valence-electron chi connectivity index (χ4n) is 4.82. The van der Waals surface area contributed by atoms with Crippen molar-refractivity contribution in [2.45, 2.75) is 50.8 Å². The summed E-state index contributed by atoms with van der Waals surface area (Å²) in [7, 11) is 0. The molecule has 20 heavy (non-hydrogen) atoms. The van der Waals surface area contributed by atoms with Gasteiger partial charge < -0.3 is 10.5 Å². The van der Waals surface area contributed by atoms with Crippen LogP contribution in [0.25, 0.3) is 0 Å². The van der Waals surface area contributed by atoms with Crippen LogP contribution in [-0.2, 0) is 14.3 Å². The molecule has 2 aliphatic heterocycles. The second kappa shape index (κ2) is 4.28. The molecule has 4 aliphatic rings. The van der Waals surface area contributed by atoms with Gasteiger partial charge in [-0.1, -0.05) is 13.3 Å². The predicted molar refractivity (Wildman–Crippen MR) is 71.5 cm³/mol. The Balaban J connectivity index is 1.56. The molecule has 2 aliphatic carbocycles. The number of hydrogen-bond acceptors (Lipinski definition) is 4. The smallest absolute Gasteiger partial charge is 0.233 e. The molecule has 5 nitrogen and oxygen atoms in total. The van der Waals surface area contributed by atoms with Gasteiger partial charge in [0.05, 0.1) is 24.0 Å². The molecule has 5 heteroatoms. The van der Waals surface area contributed by atoms with E-state index in [9.17, 15) is 9.59 Å². The van der Waals surface area contributed by atoms with Crippen molar-refractivity contribution in [3.8, 4) is 0 Å². The Hall–Kier alpha value is -0.940. The van der Waals surface area contributed by atoms with Gasteiger partial charge in [0.15, 0.2) is 0 Å². The molecule has 0 bridgehead atoms. The van der Waals surface area contributed by atoms with Gasteiger partial charge in [0.2, 0.25) is 11.8 Å². The van der Waals surface area contributed by atoms with E-state index in [2.05, 4.69) is 6.92 Å². The number of rotatable bonds is 2. The van der Waals surface area contributed by atoms with Gasteiger partial charge in [-0.15, -0.1) is 0 Å². The van der Waals surface area contributed by atoms with Crippen LogP contribution in [0, 0.1) is 23.7 Å². The summed E-state index contributed by atoms with van der Waals surface area (Å²) in [6.45, 7) is 2.85. The van der Waals surface area contributed by atoms with E-state index in [1.165, 1.54) is 4.90 Å². The minimum atomic E-state index is -0.201. The van der Waals surface area contributed by atoms with Gasteiger partial charge in [0.25, 0.3) is 0 Å². The SMILES string of the molecule is CCC1CC2C(=O)N(C3C(N)C4CCOC43)C(=O)C2C1. The largest absolute Gasteiger partial charge is 0.376 e. The lowest BCUT2D eigenvalue weighted by Crippen LogP contribution is -2.70. The molecular weight excluding hydrogens is 256 g/mol. The summed E-state index contributed by atoms with van der Waals surface area (Å²) < 4.78 is 5.68. The zero-order valence-electron chi connectivity index (χ0n) is 11.8. The number of nitrogens with two attached hydrogens (primary N) is 1. The normalized spacial score (nSPS) is 50.3. The first-order valence-electron chi connectivity index (χ1n) is 7.87. The molecule has 0 spiro atoms. The topological polar surface area (TPSA) is 72.6 Å². The number of fused-ring (bicyclic) bond motifs is 2. The van der Waals surface area contributed by atoms with Crippen molar-refractivity contribution in [1.82, 2.24) is 4.90 Å². The molecule has 2 N–H and O–H groups in total. The minimum absolute atomic E-state index is 0.00120. The van der Waals surface area contributed by atoms with E-state index < -0.39 is 0 Å². The van der Waals surface area contributed by atoms with Gasteiger partial charge in [-0.3, -0.25) is 14.5 Å². The zero-order chi connectivity index (χ0) is 14.0. The van der Waals surface area contributed by atoms with Crippen LogP contribution in [-0.4, -0.2) is 41.5 Å². The second-order valence-corrected chi connectivity index (χ2v) is 6.86. The highest BCUT2D eigenvalue weighted by molar-refractivity contribution is 6.06. The first kappa shape index (κ1) is 12.8. The standard InChI is InChI=1S/C15H22N2O3/c1-2-7-5-9-10(6-7)15(19)17(14(9)18)12-11(16)8-3-4-20-13(8)12/h7-13H,2-6,16H2,1H3. The first-order valence-corrected chi connectivity index (χ1v) is 7.87. The van der Waals surface area contributed by atoms with Crippen LogP contribution in [0.5, 0.6) is 0 Å². The number of hydrogen-bond donors (Lipinski definition) is 1. The summed E-state index contributed by atoms with van der Waals surface area (Å²) in [4.78, 5) is 26.7. The third kappa shape index (κ3) is 1.45. The van der Waals surface area contributed by atoms with Crippen molar-refractivity contribution in [2.24, 2.45) is 29.4 Å². The zero-order valence-corrected chi connectivity index (χ0v) is 11.8. The maximum Gasteiger partial charge on any atom is 0.233 e. The fourth-order valence-corrected chi connectivity index (χ4v) is 4.82. The number of carbonyl (C=O) groups is 2. The minimum Gasteiger partial charge on any atom is -0.376 e. The van der Waals surface area contributed by atoms with Crippen LogP contribution >= 0.6 is 0 Å². The van der Waals surface area contributed by atoms with Crippen molar-refractivity contribution in [1.29, 1.82) is 0 Å². The molecule has 0 aromatic carbocycles. The van der Waals surface area contributed by atoms with Crippen LogP contribution in [0.4, 0.5) is 0 Å². The van der Waals surface area contributed by atoms with Gasteiger partial charge in [0.1, 0.15) is 0 Å². The van der Waals surface area contributed by atoms with Crippen LogP contribution in [0.15, 0.2) is 0 Å². The van der Waals surface area contributed by atoms with Crippen molar-refractivity contribution in [2.75, 3.05) is 6.61 Å². The third-order valence-electron chi connectivity index (χ3n) is 6.05. The average Bonchev–Trinajstić information content (AvgIpc) is 3.11. The van der Waals surface area contributed by atoms with E-state index in [1.54, 1.807) is 0 Å². The lowest BCUT2D eigenvalue weighted by atomic mass is 9.71. The Morgan fingerprint density at radius 3 is 2.50 bits per heavy atom. The summed E-state index contributed by atoms with van der Waals surface area (Å²) in [5.41, 5.74) is 6.19. The maximum absolute atomic E-state index is 12.6. The van der Waals surface area contributed by atoms with Crippen LogP contribution in [0.3, 0.4) is 0 Å². The first-order chi connectivity index (χ1) is 9.63. The number of imide groups is 1. The van der Waals surface area contributed by atoms with E-state index in [4.69, 9.17) is 10.5 Å². The van der Waals surface area contributed by atoms with E-state index >= 15 is 0 Å². The van der Waals surface area contributed by atoms with Gasteiger partial charge in [-0.2, -0.15) is 0 Å². The van der Waals surface area contributed by atoms with E-state index in [-0.39, 0.29) is 41.8 Å². The predicted octanol–water partition coefficient (Wildman–Crippen LogP) is 0.522. The third-order valence-corrected chi connectivity index (χ3v) is 6.05. The Bertz CT molecular complexity index is 442. The van der Waals surface area contributed by atoms with E-state index in [0.717, 1.165) is 25.7 Å². The summed E-state index contributed by atoms with van der Waals surface area (Å²) in [6, 6.07) is -0.288. The number of carbonyl (C=O) groups excluding carboxylic acids is 2. The van der Waals surface area contributed by atoms with Gasteiger partial charge in [-0.25, -0.2) is 0 Å². The second-order valence-electron chi connectivity index (χ2n) is 6.86. The molecule has 6 atom stereocenters. The number of ether oxygens (including phenoxy) is 1. The Morgan fingerprint density at radius 1 is 1.25 bits per heavy atom. The number of nitrogens with zero attached hydrogens (tertiary/aromatic N) is 1. The van der Waals surface area contributed by atoms with Crippen LogP contribution in [0.2, 0.25) is 0 Å². The summed E-state index contributed by atoms with van der Waals surface area (Å²) >= 11 is 0. The van der Waals surface area contributed by atoms with E-state index in [1.807, 2.05) is 0 Å². The summed E-state index contributed by atoms with van der Waals surface area (Å²) in [5.74, 6) is 0.742. The van der Waals surface area contributed by atoms with E-state index in [0.29, 0.717) is 18.4 Å². The molecule has 0 aromatic heterocycles.